The Bertz CT molecular complexity index is 346. The van der Waals surface area contributed by atoms with Crippen LogP contribution in [0.3, 0.4) is 0 Å². The molecule has 0 saturated carbocycles. The number of benzene rings is 1. The van der Waals surface area contributed by atoms with E-state index in [1.807, 2.05) is 0 Å². The van der Waals surface area contributed by atoms with E-state index >= 15 is 0 Å². The number of ether oxygens (including phenoxy) is 2. The summed E-state index contributed by atoms with van der Waals surface area (Å²) in [5.74, 6) is -0.562. The Labute approximate surface area is 88.4 Å². The number of carbonyl (C=O) groups excluding carboxylic acids is 1. The van der Waals surface area contributed by atoms with E-state index in [2.05, 4.69) is 0 Å². The number of hydrogen-bond acceptors (Lipinski definition) is 4. The zero-order valence-corrected chi connectivity index (χ0v) is 8.82. The van der Waals surface area contributed by atoms with E-state index in [-0.39, 0.29) is 17.9 Å². The molecule has 0 unspecified atom stereocenters. The number of carbonyl (C=O) groups is 1. The zero-order valence-electron chi connectivity index (χ0n) is 8.82. The molecule has 0 heterocycles. The van der Waals surface area contributed by atoms with Crippen LogP contribution in [-0.2, 0) is 9.47 Å². The maximum absolute atomic E-state index is 11.5. The van der Waals surface area contributed by atoms with Gasteiger partial charge in [0.1, 0.15) is 17.9 Å². The van der Waals surface area contributed by atoms with Crippen molar-refractivity contribution in [1.29, 1.82) is 0 Å². The number of hydrogen-bond donors (Lipinski definition) is 1. The van der Waals surface area contributed by atoms with Crippen molar-refractivity contribution in [2.75, 3.05) is 20.3 Å². The molecular formula is C11H14O4. The fourth-order valence-electron chi connectivity index (χ4n) is 1.12. The van der Waals surface area contributed by atoms with Gasteiger partial charge in [0.25, 0.3) is 0 Å². The number of phenolic OH excluding ortho intramolecular Hbond substituents is 1. The first kappa shape index (κ1) is 11.5. The molecule has 4 nitrogen and oxygen atoms in total. The summed E-state index contributed by atoms with van der Waals surface area (Å²) in [6.45, 7) is 2.25. The van der Waals surface area contributed by atoms with E-state index in [1.54, 1.807) is 19.1 Å². The summed E-state index contributed by atoms with van der Waals surface area (Å²) in [5.41, 5.74) is 0.835. The molecule has 4 heteroatoms. The fraction of sp³-hybridized carbons (Fsp3) is 0.364. The van der Waals surface area contributed by atoms with Crippen molar-refractivity contribution in [3.05, 3.63) is 29.3 Å². The molecule has 82 valence electrons. The molecule has 1 N–H and O–H groups in total. The molecule has 0 aliphatic carbocycles. The van der Waals surface area contributed by atoms with Gasteiger partial charge in [0.15, 0.2) is 0 Å². The molecular weight excluding hydrogens is 196 g/mol. The molecule has 0 fully saturated rings. The quantitative estimate of drug-likeness (QED) is 0.604. The van der Waals surface area contributed by atoms with Gasteiger partial charge < -0.3 is 14.6 Å². The first-order valence-corrected chi connectivity index (χ1v) is 4.61. The average Bonchev–Trinajstić information content (AvgIpc) is 2.22. The van der Waals surface area contributed by atoms with Crippen LogP contribution < -0.4 is 0 Å². The standard InChI is InChI=1S/C11H14O4/c1-8-4-3-5-9(10(8)12)11(13)15-7-6-14-2/h3-5,12H,6-7H2,1-2H3. The summed E-state index contributed by atoms with van der Waals surface area (Å²) < 4.78 is 9.62. The Morgan fingerprint density at radius 3 is 2.80 bits per heavy atom. The van der Waals surface area contributed by atoms with E-state index in [0.29, 0.717) is 12.2 Å². The van der Waals surface area contributed by atoms with Crippen molar-refractivity contribution >= 4 is 5.97 Å². The lowest BCUT2D eigenvalue weighted by Gasteiger charge is -2.07. The summed E-state index contributed by atoms with van der Waals surface area (Å²) in [4.78, 5) is 11.5. The third-order valence-corrected chi connectivity index (χ3v) is 1.98. The molecule has 0 saturated heterocycles. The average molecular weight is 210 g/mol. The molecule has 0 amide bonds. The first-order valence-electron chi connectivity index (χ1n) is 4.61. The Morgan fingerprint density at radius 1 is 1.40 bits per heavy atom. The maximum atomic E-state index is 11.5. The van der Waals surface area contributed by atoms with Gasteiger partial charge in [-0.3, -0.25) is 0 Å². The topological polar surface area (TPSA) is 55.8 Å². The number of aryl methyl sites for hydroxylation is 1. The minimum absolute atomic E-state index is 0.0279. The minimum Gasteiger partial charge on any atom is -0.507 e. The van der Waals surface area contributed by atoms with Gasteiger partial charge in [0, 0.05) is 7.11 Å². The second-order valence-corrected chi connectivity index (χ2v) is 3.10. The van der Waals surface area contributed by atoms with Crippen molar-refractivity contribution in [2.45, 2.75) is 6.92 Å². The predicted molar refractivity (Wildman–Crippen MR) is 55.0 cm³/mol. The van der Waals surface area contributed by atoms with Crippen molar-refractivity contribution in [3.63, 3.8) is 0 Å². The van der Waals surface area contributed by atoms with Crippen LogP contribution in [-0.4, -0.2) is 31.4 Å². The van der Waals surface area contributed by atoms with Crippen LogP contribution in [0.1, 0.15) is 15.9 Å². The molecule has 1 rings (SSSR count). The van der Waals surface area contributed by atoms with Gasteiger partial charge in [-0.25, -0.2) is 4.79 Å². The highest BCUT2D eigenvalue weighted by Crippen LogP contribution is 2.21. The molecule has 0 aliphatic rings. The Morgan fingerprint density at radius 2 is 2.13 bits per heavy atom. The van der Waals surface area contributed by atoms with Crippen molar-refractivity contribution in [1.82, 2.24) is 0 Å². The number of methoxy groups -OCH3 is 1. The van der Waals surface area contributed by atoms with Gasteiger partial charge in [0.2, 0.25) is 0 Å². The highest BCUT2D eigenvalue weighted by atomic mass is 16.6. The van der Waals surface area contributed by atoms with Crippen LogP contribution in [0.15, 0.2) is 18.2 Å². The summed E-state index contributed by atoms with van der Waals surface area (Å²) in [6, 6.07) is 4.95. The van der Waals surface area contributed by atoms with Gasteiger partial charge in [-0.15, -0.1) is 0 Å². The second-order valence-electron chi connectivity index (χ2n) is 3.10. The van der Waals surface area contributed by atoms with Gasteiger partial charge in [-0.05, 0) is 18.6 Å². The van der Waals surface area contributed by atoms with E-state index in [0.717, 1.165) is 0 Å². The molecule has 0 aromatic heterocycles. The zero-order chi connectivity index (χ0) is 11.3. The van der Waals surface area contributed by atoms with Gasteiger partial charge in [-0.1, -0.05) is 12.1 Å². The smallest absolute Gasteiger partial charge is 0.342 e. The van der Waals surface area contributed by atoms with E-state index in [1.165, 1.54) is 13.2 Å². The van der Waals surface area contributed by atoms with Crippen LogP contribution in [0.5, 0.6) is 5.75 Å². The van der Waals surface area contributed by atoms with Crippen molar-refractivity contribution in [3.8, 4) is 5.75 Å². The minimum atomic E-state index is -0.534. The van der Waals surface area contributed by atoms with Crippen LogP contribution in [0.25, 0.3) is 0 Å². The van der Waals surface area contributed by atoms with Crippen LogP contribution >= 0.6 is 0 Å². The molecule has 0 spiro atoms. The largest absolute Gasteiger partial charge is 0.507 e. The Balaban J connectivity index is 2.69. The van der Waals surface area contributed by atoms with Gasteiger partial charge in [0.05, 0.1) is 6.61 Å². The molecule has 15 heavy (non-hydrogen) atoms. The molecule has 0 aliphatic heterocycles. The fourth-order valence-corrected chi connectivity index (χ4v) is 1.12. The summed E-state index contributed by atoms with van der Waals surface area (Å²) in [6.07, 6.45) is 0. The number of rotatable bonds is 4. The highest BCUT2D eigenvalue weighted by molar-refractivity contribution is 5.92. The SMILES string of the molecule is COCCOC(=O)c1cccc(C)c1O. The highest BCUT2D eigenvalue weighted by Gasteiger charge is 2.13. The van der Waals surface area contributed by atoms with E-state index < -0.39 is 5.97 Å². The molecule has 0 radical (unpaired) electrons. The molecule has 0 bridgehead atoms. The molecule has 1 aromatic rings. The number of phenols is 1. The second kappa shape index (κ2) is 5.36. The van der Waals surface area contributed by atoms with Crippen LogP contribution in [0.2, 0.25) is 0 Å². The number of para-hydroxylation sites is 1. The van der Waals surface area contributed by atoms with Gasteiger partial charge >= 0.3 is 5.97 Å². The van der Waals surface area contributed by atoms with Crippen molar-refractivity contribution < 1.29 is 19.4 Å². The molecule has 1 aromatic carbocycles. The van der Waals surface area contributed by atoms with E-state index in [4.69, 9.17) is 9.47 Å². The lowest BCUT2D eigenvalue weighted by molar-refractivity contribution is 0.0385. The number of aromatic hydroxyl groups is 1. The van der Waals surface area contributed by atoms with E-state index in [9.17, 15) is 9.90 Å². The summed E-state index contributed by atoms with van der Waals surface area (Å²) >= 11 is 0. The Kier molecular flexibility index (Phi) is 4.12. The third kappa shape index (κ3) is 2.95. The lowest BCUT2D eigenvalue weighted by atomic mass is 10.1. The number of esters is 1. The first-order chi connectivity index (χ1) is 7.16. The Hall–Kier alpha value is -1.55. The summed E-state index contributed by atoms with van der Waals surface area (Å²) in [5, 5.41) is 9.59. The van der Waals surface area contributed by atoms with Crippen LogP contribution in [0.4, 0.5) is 0 Å². The third-order valence-electron chi connectivity index (χ3n) is 1.98. The van der Waals surface area contributed by atoms with Gasteiger partial charge in [-0.2, -0.15) is 0 Å². The monoisotopic (exact) mass is 210 g/mol. The van der Waals surface area contributed by atoms with Crippen LogP contribution in [0, 0.1) is 6.92 Å². The van der Waals surface area contributed by atoms with Crippen molar-refractivity contribution in [2.24, 2.45) is 0 Å². The maximum Gasteiger partial charge on any atom is 0.342 e. The summed E-state index contributed by atoms with van der Waals surface area (Å²) in [7, 11) is 1.53. The predicted octanol–water partition coefficient (Wildman–Crippen LogP) is 1.50. The lowest BCUT2D eigenvalue weighted by Crippen LogP contribution is -2.10. The molecule has 0 atom stereocenters. The normalized spacial score (nSPS) is 10.0.